The summed E-state index contributed by atoms with van der Waals surface area (Å²) in [6.07, 6.45) is 3.46. The Balaban J connectivity index is 1.53. The van der Waals surface area contributed by atoms with E-state index in [9.17, 15) is 22.8 Å². The number of carbonyl (C=O) groups excluding carboxylic acids is 1. The molecular weight excluding hydrogens is 631 g/mol. The fourth-order valence-electron chi connectivity index (χ4n) is 6.20. The number of ether oxygens (including phenoxy) is 2. The summed E-state index contributed by atoms with van der Waals surface area (Å²) in [6, 6.07) is 5.77. The Hall–Kier alpha value is -4.79. The van der Waals surface area contributed by atoms with Crippen molar-refractivity contribution < 1.29 is 37.3 Å². The van der Waals surface area contributed by atoms with Crippen LogP contribution in [0.1, 0.15) is 67.1 Å². The summed E-state index contributed by atoms with van der Waals surface area (Å²) in [7, 11) is 3.58. The number of anilines is 2. The second-order valence-electron chi connectivity index (χ2n) is 12.1. The third kappa shape index (κ3) is 8.01. The number of aryl methyl sites for hydroxylation is 1. The molecule has 1 aliphatic carbocycles. The van der Waals surface area contributed by atoms with Crippen molar-refractivity contribution in [2.75, 3.05) is 44.1 Å². The third-order valence-electron chi connectivity index (χ3n) is 8.44. The second kappa shape index (κ2) is 14.5. The van der Waals surface area contributed by atoms with Gasteiger partial charge >= 0.3 is 12.1 Å². The van der Waals surface area contributed by atoms with Gasteiger partial charge in [-0.25, -0.2) is 9.97 Å². The van der Waals surface area contributed by atoms with E-state index in [0.29, 0.717) is 29.9 Å². The molecule has 0 atom stereocenters. The Bertz CT molecular complexity index is 1750. The van der Waals surface area contributed by atoms with E-state index in [1.165, 1.54) is 18.5 Å². The summed E-state index contributed by atoms with van der Waals surface area (Å²) in [4.78, 5) is 46.3. The van der Waals surface area contributed by atoms with Crippen LogP contribution in [-0.4, -0.2) is 75.8 Å². The predicted molar refractivity (Wildman–Crippen MR) is 172 cm³/mol. The zero-order valence-corrected chi connectivity index (χ0v) is 27.0. The predicted octanol–water partition coefficient (Wildman–Crippen LogP) is 6.14. The molecule has 0 bridgehead atoms. The minimum absolute atomic E-state index is 0.0178. The number of fused-ring (bicyclic) bond motifs is 1. The van der Waals surface area contributed by atoms with Crippen LogP contribution in [0.4, 0.5) is 24.8 Å². The van der Waals surface area contributed by atoms with Gasteiger partial charge in [0.15, 0.2) is 5.65 Å². The Labute approximate surface area is 275 Å². The van der Waals surface area contributed by atoms with Gasteiger partial charge in [0, 0.05) is 50.5 Å². The molecule has 0 aromatic carbocycles. The lowest BCUT2D eigenvalue weighted by molar-refractivity contribution is -0.139. The normalized spacial score (nSPS) is 14.5. The van der Waals surface area contributed by atoms with Gasteiger partial charge in [0.05, 0.1) is 24.6 Å². The first kappa shape index (κ1) is 34.5. The molecule has 0 aliphatic heterocycles. The molecule has 1 aliphatic rings. The average Bonchev–Trinajstić information content (AvgIpc) is 3.46. The SMILES string of the molecule is CCOc1ncc(-c2cc(N(C)CC3(COC)CCCCC3)c3[nH]c(NC(=O)c4ccc(CCC(=O)O)cn4)nc3n2)cc1C(F)(F)F. The molecule has 1 amide bonds. The number of pyridine rings is 3. The molecule has 4 heterocycles. The molecule has 5 rings (SSSR count). The highest BCUT2D eigenvalue weighted by Gasteiger charge is 2.37. The third-order valence-corrected chi connectivity index (χ3v) is 8.44. The van der Waals surface area contributed by atoms with Crippen molar-refractivity contribution in [1.82, 2.24) is 24.9 Å². The molecule has 0 saturated heterocycles. The van der Waals surface area contributed by atoms with Crippen molar-refractivity contribution in [2.45, 2.75) is 58.0 Å². The molecule has 0 radical (unpaired) electrons. The molecular formula is C33H38F3N7O5. The van der Waals surface area contributed by atoms with Crippen molar-refractivity contribution in [2.24, 2.45) is 5.41 Å². The van der Waals surface area contributed by atoms with Crippen LogP contribution in [0.25, 0.3) is 22.4 Å². The standard InChI is InChI=1S/C33H38F3N7O5/c1-4-48-30-22(33(34,35)36)14-21(17-38-30)24-15-25(43(2)18-32(19-47-3)12-6-5-7-13-32)27-28(39-24)41-31(40-27)42-29(46)23-10-8-20(16-37-23)9-11-26(44)45/h8,10,14-17H,4-7,9,11-13,18-19H2,1-3H3,(H,44,45)(H2,39,40,41,42,46). The van der Waals surface area contributed by atoms with Gasteiger partial charge in [0.2, 0.25) is 11.8 Å². The average molecular weight is 670 g/mol. The Morgan fingerprint density at radius 1 is 1.10 bits per heavy atom. The first-order chi connectivity index (χ1) is 22.9. The van der Waals surface area contributed by atoms with E-state index in [1.54, 1.807) is 26.2 Å². The summed E-state index contributed by atoms with van der Waals surface area (Å²) < 4.78 is 52.8. The Kier molecular flexibility index (Phi) is 10.5. The molecule has 4 aromatic rings. The zero-order chi connectivity index (χ0) is 34.5. The van der Waals surface area contributed by atoms with Gasteiger partial charge in [-0.15, -0.1) is 0 Å². The first-order valence-electron chi connectivity index (χ1n) is 15.7. The van der Waals surface area contributed by atoms with Gasteiger partial charge in [-0.05, 0) is 49.9 Å². The van der Waals surface area contributed by atoms with Crippen molar-refractivity contribution in [3.05, 3.63) is 53.5 Å². The molecule has 3 N–H and O–H groups in total. The van der Waals surface area contributed by atoms with Gasteiger partial charge in [0.1, 0.15) is 16.8 Å². The molecule has 15 heteroatoms. The van der Waals surface area contributed by atoms with Gasteiger partial charge in [0.25, 0.3) is 5.91 Å². The highest BCUT2D eigenvalue weighted by Crippen LogP contribution is 2.41. The highest BCUT2D eigenvalue weighted by atomic mass is 19.4. The van der Waals surface area contributed by atoms with Gasteiger partial charge in [-0.1, -0.05) is 25.3 Å². The lowest BCUT2D eigenvalue weighted by Crippen LogP contribution is -2.40. The number of carbonyl (C=O) groups is 2. The topological polar surface area (TPSA) is 155 Å². The van der Waals surface area contributed by atoms with Crippen molar-refractivity contribution >= 4 is 34.7 Å². The maximum Gasteiger partial charge on any atom is 0.421 e. The minimum Gasteiger partial charge on any atom is -0.481 e. The molecule has 4 aromatic heterocycles. The highest BCUT2D eigenvalue weighted by molar-refractivity contribution is 6.03. The zero-order valence-electron chi connectivity index (χ0n) is 27.0. The number of rotatable bonds is 13. The van der Waals surface area contributed by atoms with Crippen LogP contribution in [0, 0.1) is 5.41 Å². The number of H-pyrrole nitrogens is 1. The van der Waals surface area contributed by atoms with Crippen LogP contribution >= 0.6 is 0 Å². The van der Waals surface area contributed by atoms with E-state index in [0.717, 1.165) is 38.2 Å². The van der Waals surface area contributed by atoms with E-state index in [4.69, 9.17) is 14.6 Å². The van der Waals surface area contributed by atoms with E-state index in [2.05, 4.69) is 30.2 Å². The van der Waals surface area contributed by atoms with Crippen molar-refractivity contribution in [3.63, 3.8) is 0 Å². The fraction of sp³-hybridized carbons (Fsp3) is 0.455. The summed E-state index contributed by atoms with van der Waals surface area (Å²) >= 11 is 0. The second-order valence-corrected chi connectivity index (χ2v) is 12.1. The number of halogens is 3. The molecule has 256 valence electrons. The molecule has 1 saturated carbocycles. The van der Waals surface area contributed by atoms with E-state index >= 15 is 0 Å². The number of aromatic nitrogens is 5. The summed E-state index contributed by atoms with van der Waals surface area (Å²) in [5, 5.41) is 11.6. The molecule has 0 spiro atoms. The lowest BCUT2D eigenvalue weighted by Gasteiger charge is -2.40. The van der Waals surface area contributed by atoms with Crippen LogP contribution in [0.15, 0.2) is 36.7 Å². The van der Waals surface area contributed by atoms with E-state index in [-0.39, 0.29) is 53.4 Å². The number of hydrogen-bond acceptors (Lipinski definition) is 9. The molecule has 48 heavy (non-hydrogen) atoms. The number of imidazole rings is 1. The first-order valence-corrected chi connectivity index (χ1v) is 15.7. The number of amides is 1. The number of carboxylic acid groups (broad SMARTS) is 1. The number of nitrogens with zero attached hydrogens (tertiary/aromatic N) is 5. The molecule has 0 unspecified atom stereocenters. The summed E-state index contributed by atoms with van der Waals surface area (Å²) in [5.74, 6) is -1.95. The molecule has 1 fully saturated rings. The quantitative estimate of drug-likeness (QED) is 0.151. The molecule has 12 nitrogen and oxygen atoms in total. The number of aromatic amines is 1. The van der Waals surface area contributed by atoms with E-state index < -0.39 is 29.5 Å². The fourth-order valence-corrected chi connectivity index (χ4v) is 6.20. The lowest BCUT2D eigenvalue weighted by atomic mass is 9.74. The monoisotopic (exact) mass is 669 g/mol. The summed E-state index contributed by atoms with van der Waals surface area (Å²) in [6.45, 7) is 2.76. The van der Waals surface area contributed by atoms with Crippen LogP contribution in [0.3, 0.4) is 0 Å². The summed E-state index contributed by atoms with van der Waals surface area (Å²) in [5.41, 5.74) is 1.21. The van der Waals surface area contributed by atoms with Crippen LogP contribution in [-0.2, 0) is 22.1 Å². The van der Waals surface area contributed by atoms with Gasteiger partial charge in [-0.3, -0.25) is 19.9 Å². The number of nitrogens with one attached hydrogen (secondary N) is 2. The number of aliphatic carboxylic acids is 1. The maximum atomic E-state index is 14.0. The van der Waals surface area contributed by atoms with Crippen molar-refractivity contribution in [3.8, 4) is 17.1 Å². The number of carboxylic acids is 1. The van der Waals surface area contributed by atoms with Gasteiger partial charge < -0.3 is 24.5 Å². The Morgan fingerprint density at radius 3 is 2.52 bits per heavy atom. The van der Waals surface area contributed by atoms with E-state index in [1.807, 2.05) is 11.9 Å². The number of hydrogen-bond donors (Lipinski definition) is 3. The maximum absolute atomic E-state index is 14.0. The van der Waals surface area contributed by atoms with Crippen LogP contribution < -0.4 is 15.0 Å². The Morgan fingerprint density at radius 2 is 1.88 bits per heavy atom. The number of methoxy groups -OCH3 is 1. The van der Waals surface area contributed by atoms with Crippen LogP contribution in [0.2, 0.25) is 0 Å². The minimum atomic E-state index is -4.71. The largest absolute Gasteiger partial charge is 0.481 e. The smallest absolute Gasteiger partial charge is 0.421 e. The van der Waals surface area contributed by atoms with Gasteiger partial charge in [-0.2, -0.15) is 18.2 Å². The van der Waals surface area contributed by atoms with Crippen molar-refractivity contribution in [1.29, 1.82) is 0 Å². The van der Waals surface area contributed by atoms with Crippen LogP contribution in [0.5, 0.6) is 5.88 Å². The number of alkyl halides is 3.